The number of nitrogens with zero attached hydrogens (tertiary/aromatic N) is 2. The summed E-state index contributed by atoms with van der Waals surface area (Å²) in [6, 6.07) is 0. The maximum Gasteiger partial charge on any atom is 0.343 e. The van der Waals surface area contributed by atoms with Crippen LogP contribution in [0.1, 0.15) is 11.1 Å². The van der Waals surface area contributed by atoms with Crippen molar-refractivity contribution in [1.29, 1.82) is 0 Å². The molecule has 24 heavy (non-hydrogen) atoms. The lowest BCUT2D eigenvalue weighted by molar-refractivity contribution is -0.388. The largest absolute Gasteiger partial charge is 0.506 e. The fraction of sp³-hybridized carbons (Fsp3) is 0.231. The van der Waals surface area contributed by atoms with E-state index in [-0.39, 0.29) is 0 Å². The maximum atomic E-state index is 14.2. The van der Waals surface area contributed by atoms with Gasteiger partial charge >= 0.3 is 11.7 Å². The molecule has 8 nitrogen and oxygen atoms in total. The molecule has 1 aromatic carbocycles. The van der Waals surface area contributed by atoms with Crippen LogP contribution in [0.15, 0.2) is 10.7 Å². The van der Waals surface area contributed by atoms with Crippen LogP contribution >= 0.6 is 0 Å². The van der Waals surface area contributed by atoms with Gasteiger partial charge < -0.3 is 15.3 Å². The molecule has 0 saturated heterocycles. The zero-order valence-electron chi connectivity index (χ0n) is 12.7. The van der Waals surface area contributed by atoms with Gasteiger partial charge in [0.1, 0.15) is 22.7 Å². The van der Waals surface area contributed by atoms with E-state index in [0.29, 0.717) is 6.21 Å². The molecule has 130 valence electrons. The van der Waals surface area contributed by atoms with E-state index >= 15 is 0 Å². The summed E-state index contributed by atoms with van der Waals surface area (Å²) in [6.07, 6.45) is 0.681. The molecule has 0 saturated carbocycles. The molecule has 0 aliphatic rings. The number of hydrogen-bond acceptors (Lipinski definition) is 7. The number of nitrogens with one attached hydrogen (secondary N) is 1. The lowest BCUT2D eigenvalue weighted by Gasteiger charge is -2.10. The predicted octanol–water partition coefficient (Wildman–Crippen LogP) is 1.97. The standard InChI is InChI=1S/C13H12F3N3O5/c1-5-8(14)7(11(19(22)23)10(16)9(5)15)12(20)6(4-18-17-2)13(21)24-3/h4,17,20H,1-3H3. The first-order valence-electron chi connectivity index (χ1n) is 6.22. The van der Waals surface area contributed by atoms with Crippen LogP contribution in [0.3, 0.4) is 0 Å². The number of hydrogen-bond donors (Lipinski definition) is 2. The zero-order chi connectivity index (χ0) is 18.6. The second-order valence-electron chi connectivity index (χ2n) is 4.28. The van der Waals surface area contributed by atoms with Crippen LogP contribution in [-0.2, 0) is 9.53 Å². The highest BCUT2D eigenvalue weighted by molar-refractivity contribution is 6.15. The number of nitro benzene ring substituents is 1. The van der Waals surface area contributed by atoms with Gasteiger partial charge in [0.15, 0.2) is 5.82 Å². The van der Waals surface area contributed by atoms with Gasteiger partial charge in [-0.3, -0.25) is 10.1 Å². The summed E-state index contributed by atoms with van der Waals surface area (Å²) in [6.45, 7) is 0.813. The molecular formula is C13H12F3N3O5. The van der Waals surface area contributed by atoms with Crippen molar-refractivity contribution in [2.75, 3.05) is 14.2 Å². The number of rotatable bonds is 5. The second-order valence-corrected chi connectivity index (χ2v) is 4.28. The second kappa shape index (κ2) is 7.44. The van der Waals surface area contributed by atoms with Gasteiger partial charge in [0, 0.05) is 12.6 Å². The van der Waals surface area contributed by atoms with Gasteiger partial charge in [0.05, 0.1) is 18.2 Å². The SMILES string of the molecule is CNN=CC(C(=O)OC)=C(O)c1c(F)c(C)c(F)c(F)c1[N+](=O)[O-]. The van der Waals surface area contributed by atoms with E-state index in [1.54, 1.807) is 0 Å². The summed E-state index contributed by atoms with van der Waals surface area (Å²) >= 11 is 0. The molecule has 0 bridgehead atoms. The summed E-state index contributed by atoms with van der Waals surface area (Å²) in [5, 5.41) is 24.5. The van der Waals surface area contributed by atoms with Crippen molar-refractivity contribution in [3.63, 3.8) is 0 Å². The molecule has 0 spiro atoms. The summed E-state index contributed by atoms with van der Waals surface area (Å²) in [7, 11) is 2.25. The molecule has 0 aliphatic heterocycles. The molecule has 1 rings (SSSR count). The smallest absolute Gasteiger partial charge is 0.343 e. The molecule has 0 radical (unpaired) electrons. The lowest BCUT2D eigenvalue weighted by atomic mass is 10.0. The van der Waals surface area contributed by atoms with Crippen LogP contribution in [-0.4, -0.2) is 36.4 Å². The average molecular weight is 347 g/mol. The molecule has 1 aromatic rings. The van der Waals surface area contributed by atoms with Crippen LogP contribution in [0.5, 0.6) is 0 Å². The molecule has 0 fully saturated rings. The number of hydrazone groups is 1. The van der Waals surface area contributed by atoms with E-state index in [2.05, 4.69) is 15.3 Å². The number of aliphatic hydroxyl groups excluding tert-OH is 1. The van der Waals surface area contributed by atoms with Crippen molar-refractivity contribution < 1.29 is 32.7 Å². The van der Waals surface area contributed by atoms with Crippen molar-refractivity contribution in [2.24, 2.45) is 5.10 Å². The van der Waals surface area contributed by atoms with Crippen molar-refractivity contribution in [3.05, 3.63) is 44.3 Å². The third-order valence-electron chi connectivity index (χ3n) is 2.92. The Morgan fingerprint density at radius 1 is 1.33 bits per heavy atom. The molecule has 0 atom stereocenters. The van der Waals surface area contributed by atoms with Crippen molar-refractivity contribution in [3.8, 4) is 0 Å². The van der Waals surface area contributed by atoms with Crippen LogP contribution < -0.4 is 5.43 Å². The number of benzene rings is 1. The third-order valence-corrected chi connectivity index (χ3v) is 2.92. The number of nitro groups is 1. The Balaban J connectivity index is 3.94. The van der Waals surface area contributed by atoms with Crippen LogP contribution in [0.2, 0.25) is 0 Å². The fourth-order valence-corrected chi connectivity index (χ4v) is 1.74. The molecule has 11 heteroatoms. The number of halogens is 3. The number of carbonyl (C=O) groups excluding carboxylic acids is 1. The topological polar surface area (TPSA) is 114 Å². The highest BCUT2D eigenvalue weighted by Gasteiger charge is 2.35. The molecule has 0 heterocycles. The van der Waals surface area contributed by atoms with Gasteiger partial charge in [0.2, 0.25) is 5.82 Å². The monoisotopic (exact) mass is 347 g/mol. The number of aliphatic hydroxyl groups is 1. The minimum absolute atomic E-state index is 0.681. The van der Waals surface area contributed by atoms with Crippen LogP contribution in [0, 0.1) is 34.5 Å². The van der Waals surface area contributed by atoms with Gasteiger partial charge in [-0.2, -0.15) is 9.49 Å². The predicted molar refractivity (Wildman–Crippen MR) is 76.8 cm³/mol. The Kier molecular flexibility index (Phi) is 5.87. The Labute approximate surface area is 133 Å². The maximum absolute atomic E-state index is 14.2. The number of carbonyl (C=O) groups is 1. The van der Waals surface area contributed by atoms with Crippen LogP contribution in [0.4, 0.5) is 18.9 Å². The number of esters is 1. The quantitative estimate of drug-likeness (QED) is 0.160. The Morgan fingerprint density at radius 3 is 2.38 bits per heavy atom. The van der Waals surface area contributed by atoms with Gasteiger partial charge in [-0.15, -0.1) is 0 Å². The van der Waals surface area contributed by atoms with E-state index in [9.17, 15) is 33.2 Å². The van der Waals surface area contributed by atoms with Crippen molar-refractivity contribution >= 4 is 23.6 Å². The van der Waals surface area contributed by atoms with Gasteiger partial charge in [-0.25, -0.2) is 13.6 Å². The molecule has 2 N–H and O–H groups in total. The van der Waals surface area contributed by atoms with Gasteiger partial charge in [-0.05, 0) is 6.92 Å². The van der Waals surface area contributed by atoms with Crippen molar-refractivity contribution in [1.82, 2.24) is 5.43 Å². The summed E-state index contributed by atoms with van der Waals surface area (Å²) < 4.78 is 46.0. The minimum Gasteiger partial charge on any atom is -0.506 e. The average Bonchev–Trinajstić information content (AvgIpc) is 2.55. The Hall–Kier alpha value is -3.11. The summed E-state index contributed by atoms with van der Waals surface area (Å²) in [4.78, 5) is 21.2. The van der Waals surface area contributed by atoms with Crippen molar-refractivity contribution in [2.45, 2.75) is 6.92 Å². The minimum atomic E-state index is -1.98. The Bertz CT molecular complexity index is 762. The van der Waals surface area contributed by atoms with Gasteiger partial charge in [0.25, 0.3) is 0 Å². The number of methoxy groups -OCH3 is 1. The first kappa shape index (κ1) is 18.9. The molecule has 0 aromatic heterocycles. The Morgan fingerprint density at radius 2 is 1.92 bits per heavy atom. The molecular weight excluding hydrogens is 335 g/mol. The highest BCUT2D eigenvalue weighted by Crippen LogP contribution is 2.35. The van der Waals surface area contributed by atoms with E-state index < -0.39 is 56.5 Å². The summed E-state index contributed by atoms with van der Waals surface area (Å²) in [5.74, 6) is -7.92. The fourth-order valence-electron chi connectivity index (χ4n) is 1.74. The first-order chi connectivity index (χ1) is 11.2. The first-order valence-corrected chi connectivity index (χ1v) is 6.22. The van der Waals surface area contributed by atoms with Crippen LogP contribution in [0.25, 0.3) is 5.76 Å². The molecule has 0 unspecified atom stereocenters. The van der Waals surface area contributed by atoms with Gasteiger partial charge in [-0.1, -0.05) is 0 Å². The highest BCUT2D eigenvalue weighted by atomic mass is 19.2. The normalized spacial score (nSPS) is 12.1. The molecule has 0 aliphatic carbocycles. The van der Waals surface area contributed by atoms with E-state index in [1.807, 2.05) is 0 Å². The van der Waals surface area contributed by atoms with E-state index in [1.165, 1.54) is 7.05 Å². The third kappa shape index (κ3) is 3.29. The summed E-state index contributed by atoms with van der Waals surface area (Å²) in [5.41, 5.74) is -2.44. The zero-order valence-corrected chi connectivity index (χ0v) is 12.7. The lowest BCUT2D eigenvalue weighted by Crippen LogP contribution is -2.14. The van der Waals surface area contributed by atoms with E-state index in [4.69, 9.17) is 0 Å². The molecule has 0 amide bonds. The van der Waals surface area contributed by atoms with E-state index in [0.717, 1.165) is 14.0 Å². The number of ether oxygens (including phenoxy) is 1.